The normalized spacial score (nSPS) is 20.1. The zero-order chi connectivity index (χ0) is 24.1. The number of nitrogens with two attached hydrogens (primary N) is 1. The molecule has 0 radical (unpaired) electrons. The van der Waals surface area contributed by atoms with E-state index in [1.807, 2.05) is 30.5 Å². The smallest absolute Gasteiger partial charge is 0.232 e. The van der Waals surface area contributed by atoms with Crippen molar-refractivity contribution in [2.75, 3.05) is 36.0 Å². The Labute approximate surface area is 208 Å². The third-order valence-corrected chi connectivity index (χ3v) is 7.13. The summed E-state index contributed by atoms with van der Waals surface area (Å²) in [5.74, 6) is 2.21. The first kappa shape index (κ1) is 21.2. The lowest BCUT2D eigenvalue weighted by Gasteiger charge is -2.36. The molecule has 1 aliphatic heterocycles. The van der Waals surface area contributed by atoms with Crippen molar-refractivity contribution < 1.29 is 9.15 Å². The van der Waals surface area contributed by atoms with Crippen LogP contribution in [0, 0.1) is 0 Å². The summed E-state index contributed by atoms with van der Waals surface area (Å²) in [6.07, 6.45) is 5.44. The van der Waals surface area contributed by atoms with Crippen molar-refractivity contribution in [2.45, 2.75) is 25.0 Å². The van der Waals surface area contributed by atoms with Gasteiger partial charge >= 0.3 is 0 Å². The van der Waals surface area contributed by atoms with E-state index in [1.165, 1.54) is 5.69 Å². The maximum absolute atomic E-state index is 6.27. The molecule has 0 amide bonds. The second-order valence-electron chi connectivity index (χ2n) is 9.52. The van der Waals surface area contributed by atoms with Crippen molar-refractivity contribution in [3.8, 4) is 17.3 Å². The average Bonchev–Trinajstić information content (AvgIpc) is 3.52. The number of rotatable bonds is 5. The van der Waals surface area contributed by atoms with Crippen LogP contribution in [0.2, 0.25) is 0 Å². The van der Waals surface area contributed by atoms with Gasteiger partial charge in [0, 0.05) is 50.2 Å². The van der Waals surface area contributed by atoms with E-state index in [4.69, 9.17) is 19.9 Å². The highest BCUT2D eigenvalue weighted by atomic mass is 16.5. The first-order valence-electron chi connectivity index (χ1n) is 12.4. The van der Waals surface area contributed by atoms with Crippen LogP contribution in [0.25, 0.3) is 28.1 Å². The lowest BCUT2D eigenvalue weighted by atomic mass is 9.90. The van der Waals surface area contributed by atoms with E-state index in [0.29, 0.717) is 11.6 Å². The number of fused-ring (bicyclic) bond motifs is 2. The largest absolute Gasteiger partial charge is 0.473 e. The Kier molecular flexibility index (Phi) is 5.02. The van der Waals surface area contributed by atoms with Crippen LogP contribution in [0.4, 0.5) is 11.5 Å². The maximum Gasteiger partial charge on any atom is 0.232 e. The number of para-hydroxylation sites is 1. The van der Waals surface area contributed by atoms with Gasteiger partial charge in [0.15, 0.2) is 11.4 Å². The number of furan rings is 1. The van der Waals surface area contributed by atoms with Gasteiger partial charge in [0.05, 0.1) is 11.6 Å². The molecule has 1 saturated carbocycles. The molecule has 2 aliphatic rings. The lowest BCUT2D eigenvalue weighted by Crippen LogP contribution is -2.46. The molecule has 1 aliphatic carbocycles. The molecule has 0 atom stereocenters. The summed E-state index contributed by atoms with van der Waals surface area (Å²) in [5, 5.41) is 5.67. The summed E-state index contributed by atoms with van der Waals surface area (Å²) in [5.41, 5.74) is 9.46. The van der Waals surface area contributed by atoms with E-state index in [2.05, 4.69) is 50.2 Å². The molecule has 0 spiro atoms. The van der Waals surface area contributed by atoms with Crippen LogP contribution < -0.4 is 20.3 Å². The second-order valence-corrected chi connectivity index (χ2v) is 9.52. The first-order valence-corrected chi connectivity index (χ1v) is 12.4. The molecular weight excluding hydrogens is 454 g/mol. The topological polar surface area (TPSA) is 98.0 Å². The highest BCUT2D eigenvalue weighted by Crippen LogP contribution is 2.34. The second kappa shape index (κ2) is 8.53. The van der Waals surface area contributed by atoms with Crippen LogP contribution in [0.15, 0.2) is 71.4 Å². The fourth-order valence-electron chi connectivity index (χ4n) is 5.10. The summed E-state index contributed by atoms with van der Waals surface area (Å²) in [6.45, 7) is 3.67. The maximum atomic E-state index is 6.27. The van der Waals surface area contributed by atoms with Gasteiger partial charge in [-0.25, -0.2) is 14.5 Å². The van der Waals surface area contributed by atoms with Crippen molar-refractivity contribution in [1.29, 1.82) is 0 Å². The Bertz CT molecular complexity index is 1520. The van der Waals surface area contributed by atoms with E-state index >= 15 is 0 Å². The summed E-state index contributed by atoms with van der Waals surface area (Å²) < 4.78 is 14.0. The summed E-state index contributed by atoms with van der Waals surface area (Å²) in [6, 6.07) is 18.5. The number of imidazole rings is 1. The molecule has 4 aromatic heterocycles. The van der Waals surface area contributed by atoms with Gasteiger partial charge in [-0.2, -0.15) is 0 Å². The molecule has 1 aromatic carbocycles. The van der Waals surface area contributed by atoms with Gasteiger partial charge in [0.25, 0.3) is 0 Å². The summed E-state index contributed by atoms with van der Waals surface area (Å²) >= 11 is 0. The van der Waals surface area contributed by atoms with Crippen molar-refractivity contribution in [1.82, 2.24) is 19.6 Å². The average molecular weight is 482 g/mol. The lowest BCUT2D eigenvalue weighted by molar-refractivity contribution is 0.0944. The van der Waals surface area contributed by atoms with E-state index in [1.54, 1.807) is 10.7 Å². The molecular formula is C27H27N7O2. The monoisotopic (exact) mass is 481 g/mol. The Balaban J connectivity index is 1.17. The molecule has 9 nitrogen and oxygen atoms in total. The Morgan fingerprint density at radius 1 is 0.917 bits per heavy atom. The predicted octanol–water partition coefficient (Wildman–Crippen LogP) is 3.73. The zero-order valence-electron chi connectivity index (χ0n) is 19.8. The molecule has 2 N–H and O–H groups in total. The van der Waals surface area contributed by atoms with E-state index in [0.717, 1.165) is 67.1 Å². The molecule has 0 bridgehead atoms. The van der Waals surface area contributed by atoms with Gasteiger partial charge in [0.1, 0.15) is 23.2 Å². The zero-order valence-corrected chi connectivity index (χ0v) is 19.8. The Morgan fingerprint density at radius 3 is 2.53 bits per heavy atom. The van der Waals surface area contributed by atoms with Gasteiger partial charge in [-0.15, -0.1) is 5.10 Å². The van der Waals surface area contributed by atoms with Crippen LogP contribution in [0.1, 0.15) is 12.8 Å². The molecule has 36 heavy (non-hydrogen) atoms. The minimum atomic E-state index is 0.124. The molecule has 7 rings (SSSR count). The van der Waals surface area contributed by atoms with Crippen LogP contribution in [-0.2, 0) is 0 Å². The molecule has 1 saturated heterocycles. The van der Waals surface area contributed by atoms with Crippen molar-refractivity contribution in [3.63, 3.8) is 0 Å². The summed E-state index contributed by atoms with van der Waals surface area (Å²) in [4.78, 5) is 14.0. The van der Waals surface area contributed by atoms with Crippen LogP contribution >= 0.6 is 0 Å². The number of anilines is 2. The third kappa shape index (κ3) is 3.72. The van der Waals surface area contributed by atoms with Gasteiger partial charge in [-0.05, 0) is 43.2 Å². The first-order chi connectivity index (χ1) is 17.7. The number of aromatic nitrogens is 4. The number of pyridine rings is 1. The fourth-order valence-corrected chi connectivity index (χ4v) is 5.10. The van der Waals surface area contributed by atoms with Crippen molar-refractivity contribution >= 4 is 28.1 Å². The molecule has 5 aromatic rings. The number of benzene rings is 1. The quantitative estimate of drug-likeness (QED) is 0.406. The molecule has 182 valence electrons. The Morgan fingerprint density at radius 2 is 1.72 bits per heavy atom. The highest BCUT2D eigenvalue weighted by Gasteiger charge is 2.28. The van der Waals surface area contributed by atoms with Crippen LogP contribution in [-0.4, -0.2) is 57.9 Å². The highest BCUT2D eigenvalue weighted by molar-refractivity contribution is 5.92. The predicted molar refractivity (Wildman–Crippen MR) is 138 cm³/mol. The SMILES string of the molecule is NC1CC(Oc2ccc3ncc(-c4cc5c(N6CCN(c7ccccc7)CC6)nccc5o4)n3n2)C1. The number of hydrogen-bond acceptors (Lipinski definition) is 8. The van der Waals surface area contributed by atoms with Gasteiger partial charge in [0.2, 0.25) is 5.88 Å². The van der Waals surface area contributed by atoms with E-state index in [-0.39, 0.29) is 12.1 Å². The Hall–Kier alpha value is -4.11. The number of ether oxygens (including phenoxy) is 1. The van der Waals surface area contributed by atoms with E-state index in [9.17, 15) is 0 Å². The molecule has 2 fully saturated rings. The molecule has 9 heteroatoms. The van der Waals surface area contributed by atoms with Crippen LogP contribution in [0.3, 0.4) is 0 Å². The van der Waals surface area contributed by atoms with E-state index < -0.39 is 0 Å². The standard InChI is InChI=1S/C27H27N7O2/c28-18-14-20(15-18)35-26-7-6-25-30-17-22(34(25)31-26)24-16-21-23(36-24)8-9-29-27(21)33-12-10-32(11-13-33)19-4-2-1-3-5-19/h1-9,16-18,20H,10-15,28H2. The summed E-state index contributed by atoms with van der Waals surface area (Å²) in [7, 11) is 0. The van der Waals surface area contributed by atoms with Gasteiger partial charge in [-0.3, -0.25) is 0 Å². The minimum absolute atomic E-state index is 0.124. The van der Waals surface area contributed by atoms with Gasteiger partial charge < -0.3 is 24.7 Å². The number of nitrogens with zero attached hydrogens (tertiary/aromatic N) is 6. The molecule has 0 unspecified atom stereocenters. The van der Waals surface area contributed by atoms with Crippen molar-refractivity contribution in [2.24, 2.45) is 5.73 Å². The third-order valence-electron chi connectivity index (χ3n) is 7.13. The van der Waals surface area contributed by atoms with Crippen molar-refractivity contribution in [3.05, 3.63) is 67.0 Å². The number of hydrogen-bond donors (Lipinski definition) is 1. The number of piperazine rings is 1. The minimum Gasteiger partial charge on any atom is -0.473 e. The van der Waals surface area contributed by atoms with Crippen LogP contribution in [0.5, 0.6) is 5.88 Å². The van der Waals surface area contributed by atoms with Gasteiger partial charge in [-0.1, -0.05) is 18.2 Å². The fraction of sp³-hybridized carbons (Fsp3) is 0.296. The molecule has 5 heterocycles.